The third-order valence-electron chi connectivity index (χ3n) is 5.18. The van der Waals surface area contributed by atoms with E-state index in [4.69, 9.17) is 0 Å². The smallest absolute Gasteiger partial charge is 0.391 e. The van der Waals surface area contributed by atoms with Gasteiger partial charge in [-0.15, -0.1) is 0 Å². The van der Waals surface area contributed by atoms with Crippen LogP contribution in [0.4, 0.5) is 13.2 Å². The normalized spacial score (nSPS) is 33.3. The van der Waals surface area contributed by atoms with Gasteiger partial charge in [0.1, 0.15) is 0 Å². The zero-order chi connectivity index (χ0) is 15.5. The van der Waals surface area contributed by atoms with E-state index in [0.29, 0.717) is 19.1 Å². The average molecular weight is 308 g/mol. The van der Waals surface area contributed by atoms with E-state index in [0.717, 1.165) is 32.2 Å². The highest BCUT2D eigenvalue weighted by Gasteiger charge is 2.43. The summed E-state index contributed by atoms with van der Waals surface area (Å²) in [5, 5.41) is 13.1. The lowest BCUT2D eigenvalue weighted by Gasteiger charge is -2.46. The number of aliphatic hydroxyl groups excluding tert-OH is 1. The molecule has 2 N–H and O–H groups in total. The lowest BCUT2D eigenvalue weighted by molar-refractivity contribution is -0.186. The number of piperidine rings is 1. The van der Waals surface area contributed by atoms with Gasteiger partial charge in [-0.3, -0.25) is 0 Å². The van der Waals surface area contributed by atoms with E-state index >= 15 is 0 Å². The van der Waals surface area contributed by atoms with E-state index in [1.807, 2.05) is 6.92 Å². The van der Waals surface area contributed by atoms with Crippen LogP contribution in [-0.2, 0) is 0 Å². The third-order valence-corrected chi connectivity index (χ3v) is 5.18. The number of nitrogens with zero attached hydrogens (tertiary/aromatic N) is 1. The molecule has 0 spiro atoms. The van der Waals surface area contributed by atoms with Gasteiger partial charge >= 0.3 is 6.18 Å². The molecular weight excluding hydrogens is 281 g/mol. The van der Waals surface area contributed by atoms with E-state index in [9.17, 15) is 18.3 Å². The van der Waals surface area contributed by atoms with Crippen LogP contribution in [0.5, 0.6) is 0 Å². The minimum absolute atomic E-state index is 0.107. The van der Waals surface area contributed by atoms with Crippen molar-refractivity contribution in [1.82, 2.24) is 10.2 Å². The van der Waals surface area contributed by atoms with Crippen molar-refractivity contribution in [2.24, 2.45) is 5.92 Å². The van der Waals surface area contributed by atoms with E-state index in [-0.39, 0.29) is 25.0 Å². The molecule has 0 radical (unpaired) electrons. The molecular formula is C15H27F3N2O. The molecule has 6 heteroatoms. The lowest BCUT2D eigenvalue weighted by Crippen LogP contribution is -2.56. The molecule has 0 aromatic carbocycles. The molecule has 1 aliphatic heterocycles. The summed E-state index contributed by atoms with van der Waals surface area (Å²) in [4.78, 5) is 2.21. The van der Waals surface area contributed by atoms with Crippen LogP contribution >= 0.6 is 0 Å². The molecule has 0 aromatic heterocycles. The number of halogens is 3. The first-order valence-corrected chi connectivity index (χ1v) is 8.07. The molecule has 124 valence electrons. The van der Waals surface area contributed by atoms with Gasteiger partial charge in [-0.1, -0.05) is 6.92 Å². The van der Waals surface area contributed by atoms with Gasteiger partial charge in [-0.25, -0.2) is 0 Å². The summed E-state index contributed by atoms with van der Waals surface area (Å²) in [6.07, 6.45) is 0.236. The largest absolute Gasteiger partial charge is 0.394 e. The number of likely N-dealkylation sites (N-methyl/N-ethyl adjacent to an activating group) is 1. The SMILES string of the molecule is CCNC1(CO)CCCC(N2CCC(C(F)(F)F)CC2)C1. The first kappa shape index (κ1) is 17.0. The van der Waals surface area contributed by atoms with Crippen molar-refractivity contribution in [3.05, 3.63) is 0 Å². The highest BCUT2D eigenvalue weighted by molar-refractivity contribution is 4.97. The summed E-state index contributed by atoms with van der Waals surface area (Å²) in [7, 11) is 0. The molecule has 0 bridgehead atoms. The Balaban J connectivity index is 1.91. The number of nitrogens with one attached hydrogen (secondary N) is 1. The van der Waals surface area contributed by atoms with Crippen LogP contribution in [0.25, 0.3) is 0 Å². The van der Waals surface area contributed by atoms with E-state index in [1.165, 1.54) is 0 Å². The number of hydrogen-bond donors (Lipinski definition) is 2. The van der Waals surface area contributed by atoms with Gasteiger partial charge in [0.05, 0.1) is 12.5 Å². The van der Waals surface area contributed by atoms with Gasteiger partial charge < -0.3 is 15.3 Å². The molecule has 3 nitrogen and oxygen atoms in total. The van der Waals surface area contributed by atoms with Crippen LogP contribution in [0.2, 0.25) is 0 Å². The number of hydrogen-bond acceptors (Lipinski definition) is 3. The van der Waals surface area contributed by atoms with Crippen LogP contribution in [0.1, 0.15) is 45.4 Å². The number of likely N-dealkylation sites (tertiary alicyclic amines) is 1. The molecule has 2 aliphatic rings. The predicted octanol–water partition coefficient (Wildman–Crippen LogP) is 2.54. The van der Waals surface area contributed by atoms with Crippen LogP contribution < -0.4 is 5.32 Å². The second-order valence-electron chi connectivity index (χ2n) is 6.57. The maximum absolute atomic E-state index is 12.7. The van der Waals surface area contributed by atoms with E-state index in [1.54, 1.807) is 0 Å². The zero-order valence-corrected chi connectivity index (χ0v) is 12.8. The Hall–Kier alpha value is -0.330. The molecule has 0 aromatic rings. The lowest BCUT2D eigenvalue weighted by atomic mass is 9.78. The van der Waals surface area contributed by atoms with Gasteiger partial charge in [0.15, 0.2) is 0 Å². The van der Waals surface area contributed by atoms with Crippen LogP contribution in [0.3, 0.4) is 0 Å². The van der Waals surface area contributed by atoms with Gasteiger partial charge in [-0.05, 0) is 58.2 Å². The van der Waals surface area contributed by atoms with Gasteiger partial charge in [0.25, 0.3) is 0 Å². The highest BCUT2D eigenvalue weighted by atomic mass is 19.4. The number of alkyl halides is 3. The van der Waals surface area contributed by atoms with Crippen LogP contribution in [0.15, 0.2) is 0 Å². The summed E-state index contributed by atoms with van der Waals surface area (Å²) >= 11 is 0. The first-order chi connectivity index (χ1) is 9.90. The number of rotatable bonds is 4. The summed E-state index contributed by atoms with van der Waals surface area (Å²) in [6, 6.07) is 0.305. The fourth-order valence-electron chi connectivity index (χ4n) is 3.97. The summed E-state index contributed by atoms with van der Waals surface area (Å²) in [6.45, 7) is 4.00. The molecule has 2 unspecified atom stereocenters. The van der Waals surface area contributed by atoms with Gasteiger partial charge in [0.2, 0.25) is 0 Å². The minimum atomic E-state index is -4.04. The summed E-state index contributed by atoms with van der Waals surface area (Å²) < 4.78 is 38.2. The van der Waals surface area contributed by atoms with Gasteiger partial charge in [0, 0.05) is 11.6 Å². The van der Waals surface area contributed by atoms with Crippen molar-refractivity contribution < 1.29 is 18.3 Å². The Kier molecular flexibility index (Phi) is 5.54. The molecule has 1 saturated heterocycles. The fourth-order valence-corrected chi connectivity index (χ4v) is 3.97. The van der Waals surface area contributed by atoms with Gasteiger partial charge in [-0.2, -0.15) is 13.2 Å². The Morgan fingerprint density at radius 2 is 1.90 bits per heavy atom. The molecule has 1 aliphatic carbocycles. The van der Waals surface area contributed by atoms with Crippen molar-refractivity contribution in [2.45, 2.75) is 63.2 Å². The summed E-state index contributed by atoms with van der Waals surface area (Å²) in [5.41, 5.74) is -0.238. The van der Waals surface area contributed by atoms with Crippen molar-refractivity contribution in [3.8, 4) is 0 Å². The molecule has 2 rings (SSSR count). The monoisotopic (exact) mass is 308 g/mol. The Bertz CT molecular complexity index is 325. The predicted molar refractivity (Wildman–Crippen MR) is 76.1 cm³/mol. The molecule has 1 heterocycles. The van der Waals surface area contributed by atoms with Crippen molar-refractivity contribution >= 4 is 0 Å². The van der Waals surface area contributed by atoms with E-state index < -0.39 is 12.1 Å². The molecule has 2 atom stereocenters. The van der Waals surface area contributed by atoms with Crippen LogP contribution in [0, 0.1) is 5.92 Å². The quantitative estimate of drug-likeness (QED) is 0.838. The second-order valence-corrected chi connectivity index (χ2v) is 6.57. The Labute approximate surface area is 124 Å². The van der Waals surface area contributed by atoms with Crippen LogP contribution in [-0.4, -0.2) is 54.0 Å². The molecule has 1 saturated carbocycles. The second kappa shape index (κ2) is 6.84. The Morgan fingerprint density at radius 3 is 2.43 bits per heavy atom. The highest BCUT2D eigenvalue weighted by Crippen LogP contribution is 2.37. The maximum Gasteiger partial charge on any atom is 0.391 e. The zero-order valence-electron chi connectivity index (χ0n) is 12.8. The Morgan fingerprint density at radius 1 is 1.24 bits per heavy atom. The van der Waals surface area contributed by atoms with E-state index in [2.05, 4.69) is 10.2 Å². The fraction of sp³-hybridized carbons (Fsp3) is 1.00. The minimum Gasteiger partial charge on any atom is -0.394 e. The molecule has 21 heavy (non-hydrogen) atoms. The standard InChI is InChI=1S/C15H27F3N2O/c1-2-19-14(11-21)7-3-4-13(10-14)20-8-5-12(6-9-20)15(16,17)18/h12-13,19,21H,2-11H2,1H3. The van der Waals surface area contributed by atoms with Crippen molar-refractivity contribution in [2.75, 3.05) is 26.2 Å². The summed E-state index contributed by atoms with van der Waals surface area (Å²) in [5.74, 6) is -1.13. The van der Waals surface area contributed by atoms with Crippen molar-refractivity contribution in [3.63, 3.8) is 0 Å². The average Bonchev–Trinajstić information content (AvgIpc) is 2.47. The molecule has 2 fully saturated rings. The van der Waals surface area contributed by atoms with Crippen molar-refractivity contribution in [1.29, 1.82) is 0 Å². The third kappa shape index (κ3) is 4.11. The topological polar surface area (TPSA) is 35.5 Å². The first-order valence-electron chi connectivity index (χ1n) is 8.07. The maximum atomic E-state index is 12.7. The molecule has 0 amide bonds. The number of aliphatic hydroxyl groups is 1.